The van der Waals surface area contributed by atoms with E-state index in [0.29, 0.717) is 18.8 Å². The minimum absolute atomic E-state index is 0.200. The fourth-order valence-corrected chi connectivity index (χ4v) is 4.10. The Morgan fingerprint density at radius 2 is 1.88 bits per heavy atom. The van der Waals surface area contributed by atoms with Gasteiger partial charge in [-0.25, -0.2) is 0 Å². The number of carbonyl (C=O) groups excluding carboxylic acids is 1. The number of aromatic hydroxyl groups is 1. The molecule has 2 aromatic rings. The van der Waals surface area contributed by atoms with Crippen molar-refractivity contribution in [3.8, 4) is 5.75 Å². The first-order valence-corrected chi connectivity index (χ1v) is 9.43. The van der Waals surface area contributed by atoms with E-state index in [1.165, 1.54) is 4.90 Å². The maximum atomic E-state index is 12.4. The Kier molecular flexibility index (Phi) is 5.81. The number of carbonyl (C=O) groups is 1. The molecule has 0 saturated carbocycles. The van der Waals surface area contributed by atoms with Crippen LogP contribution in [0, 0.1) is 5.92 Å². The largest absolute Gasteiger partial charge is 0.508 e. The van der Waals surface area contributed by atoms with Crippen molar-refractivity contribution in [2.45, 2.75) is 24.2 Å². The van der Waals surface area contributed by atoms with Crippen LogP contribution >= 0.6 is 11.8 Å². The Morgan fingerprint density at radius 1 is 1.12 bits per heavy atom. The van der Waals surface area contributed by atoms with Crippen molar-refractivity contribution < 1.29 is 9.90 Å². The number of phenolic OH excluding ortho intramolecular Hbond substituents is 1. The van der Waals surface area contributed by atoms with Crippen LogP contribution in [0.1, 0.15) is 18.4 Å². The van der Waals surface area contributed by atoms with Gasteiger partial charge in [-0.15, -0.1) is 11.8 Å². The van der Waals surface area contributed by atoms with Crippen molar-refractivity contribution in [3.63, 3.8) is 0 Å². The zero-order chi connectivity index (χ0) is 16.8. The van der Waals surface area contributed by atoms with Crippen molar-refractivity contribution >= 4 is 17.7 Å². The van der Waals surface area contributed by atoms with Crippen LogP contribution in [0.4, 0.5) is 0 Å². The molecule has 1 fully saturated rings. The number of nitrogens with zero attached hydrogens (tertiary/aromatic N) is 1. The summed E-state index contributed by atoms with van der Waals surface area (Å²) in [6, 6.07) is 17.7. The lowest BCUT2D eigenvalue weighted by molar-refractivity contribution is -0.130. The first-order valence-electron chi connectivity index (χ1n) is 8.45. The molecule has 1 aliphatic heterocycles. The van der Waals surface area contributed by atoms with E-state index in [9.17, 15) is 9.90 Å². The summed E-state index contributed by atoms with van der Waals surface area (Å²) in [4.78, 5) is 15.7. The van der Waals surface area contributed by atoms with Crippen LogP contribution in [0.15, 0.2) is 59.5 Å². The topological polar surface area (TPSA) is 40.5 Å². The number of para-hydroxylation sites is 1. The quantitative estimate of drug-likeness (QED) is 0.808. The molecule has 4 heteroatoms. The van der Waals surface area contributed by atoms with Gasteiger partial charge in [0, 0.05) is 30.2 Å². The van der Waals surface area contributed by atoms with Gasteiger partial charge in [-0.3, -0.25) is 4.79 Å². The number of likely N-dealkylation sites (tertiary alicyclic amines) is 1. The summed E-state index contributed by atoms with van der Waals surface area (Å²) in [5.41, 5.74) is 0.848. The SMILES string of the molecule is O=C(CCc1ccccc1O)N1CCC(CSc2ccccc2)C1. The van der Waals surface area contributed by atoms with Gasteiger partial charge in [0.2, 0.25) is 5.91 Å². The second-order valence-corrected chi connectivity index (χ2v) is 7.34. The Hall–Kier alpha value is -1.94. The van der Waals surface area contributed by atoms with Crippen LogP contribution in [-0.2, 0) is 11.2 Å². The fraction of sp³-hybridized carbons (Fsp3) is 0.350. The normalized spacial score (nSPS) is 17.2. The molecule has 24 heavy (non-hydrogen) atoms. The molecule has 1 amide bonds. The maximum absolute atomic E-state index is 12.4. The van der Waals surface area contributed by atoms with Gasteiger partial charge in [-0.05, 0) is 42.5 Å². The first-order chi connectivity index (χ1) is 11.7. The molecule has 0 spiro atoms. The average molecular weight is 341 g/mol. The summed E-state index contributed by atoms with van der Waals surface area (Å²) in [6.07, 6.45) is 2.16. The highest BCUT2D eigenvalue weighted by molar-refractivity contribution is 7.99. The fourth-order valence-electron chi connectivity index (χ4n) is 3.05. The zero-order valence-corrected chi connectivity index (χ0v) is 14.5. The molecule has 3 nitrogen and oxygen atoms in total. The Morgan fingerprint density at radius 3 is 2.67 bits per heavy atom. The molecule has 0 bridgehead atoms. The molecular weight excluding hydrogens is 318 g/mol. The Labute approximate surface area is 147 Å². The third-order valence-corrected chi connectivity index (χ3v) is 5.71. The van der Waals surface area contributed by atoms with Gasteiger partial charge >= 0.3 is 0 Å². The van der Waals surface area contributed by atoms with E-state index in [0.717, 1.165) is 30.8 Å². The van der Waals surface area contributed by atoms with Crippen molar-refractivity contribution in [2.24, 2.45) is 5.92 Å². The Bertz CT molecular complexity index is 674. The molecule has 3 rings (SSSR count). The standard InChI is InChI=1S/C20H23NO2S/c22-19-9-5-4-6-17(19)10-11-20(23)21-13-12-16(14-21)15-24-18-7-2-1-3-8-18/h1-9,16,22H,10-15H2. The van der Waals surface area contributed by atoms with E-state index >= 15 is 0 Å². The van der Waals surface area contributed by atoms with Crippen LogP contribution in [0.5, 0.6) is 5.75 Å². The summed E-state index contributed by atoms with van der Waals surface area (Å²) in [5, 5.41) is 9.78. The van der Waals surface area contributed by atoms with E-state index in [-0.39, 0.29) is 11.7 Å². The molecule has 0 aliphatic carbocycles. The van der Waals surface area contributed by atoms with E-state index in [2.05, 4.69) is 24.3 Å². The van der Waals surface area contributed by atoms with Gasteiger partial charge in [0.1, 0.15) is 5.75 Å². The molecule has 126 valence electrons. The van der Waals surface area contributed by atoms with E-state index < -0.39 is 0 Å². The van der Waals surface area contributed by atoms with Gasteiger partial charge in [0.25, 0.3) is 0 Å². The second kappa shape index (κ2) is 8.25. The number of thioether (sulfide) groups is 1. The molecule has 1 atom stereocenters. The molecule has 1 saturated heterocycles. The number of hydrogen-bond acceptors (Lipinski definition) is 3. The third kappa shape index (κ3) is 4.54. The lowest BCUT2D eigenvalue weighted by Crippen LogP contribution is -2.29. The highest BCUT2D eigenvalue weighted by Crippen LogP contribution is 2.26. The van der Waals surface area contributed by atoms with Crippen molar-refractivity contribution in [1.29, 1.82) is 0 Å². The van der Waals surface area contributed by atoms with Crippen molar-refractivity contribution in [2.75, 3.05) is 18.8 Å². The molecule has 2 aromatic carbocycles. The van der Waals surface area contributed by atoms with Crippen LogP contribution in [0.3, 0.4) is 0 Å². The molecule has 1 heterocycles. The number of aryl methyl sites for hydroxylation is 1. The predicted octanol–water partition coefficient (Wildman–Crippen LogP) is 3.97. The van der Waals surface area contributed by atoms with Crippen LogP contribution < -0.4 is 0 Å². The lowest BCUT2D eigenvalue weighted by Gasteiger charge is -2.16. The van der Waals surface area contributed by atoms with Gasteiger partial charge in [-0.2, -0.15) is 0 Å². The average Bonchev–Trinajstić information content (AvgIpc) is 3.09. The van der Waals surface area contributed by atoms with Crippen molar-refractivity contribution in [1.82, 2.24) is 4.90 Å². The summed E-state index contributed by atoms with van der Waals surface area (Å²) < 4.78 is 0. The summed E-state index contributed by atoms with van der Waals surface area (Å²) >= 11 is 1.87. The van der Waals surface area contributed by atoms with Crippen molar-refractivity contribution in [3.05, 3.63) is 60.2 Å². The molecule has 1 N–H and O–H groups in total. The monoisotopic (exact) mass is 341 g/mol. The summed E-state index contributed by atoms with van der Waals surface area (Å²) in [7, 11) is 0. The van der Waals surface area contributed by atoms with Crippen LogP contribution in [0.2, 0.25) is 0 Å². The number of benzene rings is 2. The van der Waals surface area contributed by atoms with Crippen LogP contribution in [0.25, 0.3) is 0 Å². The molecule has 0 aromatic heterocycles. The molecular formula is C20H23NO2S. The maximum Gasteiger partial charge on any atom is 0.222 e. The number of phenols is 1. The summed E-state index contributed by atoms with van der Waals surface area (Å²) in [6.45, 7) is 1.72. The van der Waals surface area contributed by atoms with E-state index in [1.54, 1.807) is 12.1 Å². The first kappa shape index (κ1) is 16.9. The smallest absolute Gasteiger partial charge is 0.222 e. The van der Waals surface area contributed by atoms with E-state index in [1.807, 2.05) is 34.9 Å². The highest BCUT2D eigenvalue weighted by atomic mass is 32.2. The number of amides is 1. The minimum atomic E-state index is 0.200. The molecule has 1 aliphatic rings. The van der Waals surface area contributed by atoms with Gasteiger partial charge < -0.3 is 10.0 Å². The van der Waals surface area contributed by atoms with Gasteiger partial charge in [0.15, 0.2) is 0 Å². The lowest BCUT2D eigenvalue weighted by atomic mass is 10.1. The third-order valence-electron chi connectivity index (χ3n) is 4.47. The number of hydrogen-bond donors (Lipinski definition) is 1. The summed E-state index contributed by atoms with van der Waals surface area (Å²) in [5.74, 6) is 2.12. The van der Waals surface area contributed by atoms with Gasteiger partial charge in [0.05, 0.1) is 0 Å². The number of rotatable bonds is 6. The highest BCUT2D eigenvalue weighted by Gasteiger charge is 2.26. The van der Waals surface area contributed by atoms with Gasteiger partial charge in [-0.1, -0.05) is 36.4 Å². The minimum Gasteiger partial charge on any atom is -0.508 e. The van der Waals surface area contributed by atoms with Crippen LogP contribution in [-0.4, -0.2) is 34.8 Å². The zero-order valence-electron chi connectivity index (χ0n) is 13.7. The van der Waals surface area contributed by atoms with E-state index in [4.69, 9.17) is 0 Å². The predicted molar refractivity (Wildman–Crippen MR) is 98.3 cm³/mol. The molecule has 1 unspecified atom stereocenters. The molecule has 0 radical (unpaired) electrons. The Balaban J connectivity index is 1.43. The second-order valence-electron chi connectivity index (χ2n) is 6.25.